The molecular weight excluding hydrogens is 688 g/mol. The second-order valence-corrected chi connectivity index (χ2v) is 15.4. The summed E-state index contributed by atoms with van der Waals surface area (Å²) in [6.07, 6.45) is -9.58. The zero-order valence-corrected chi connectivity index (χ0v) is 30.6. The van der Waals surface area contributed by atoms with E-state index in [1.807, 2.05) is 0 Å². The Morgan fingerprint density at radius 1 is 0.925 bits per heavy atom. The van der Waals surface area contributed by atoms with Crippen LogP contribution in [0.2, 0.25) is 0 Å². The van der Waals surface area contributed by atoms with Gasteiger partial charge in [0.25, 0.3) is 0 Å². The number of ketones is 1. The van der Waals surface area contributed by atoms with Gasteiger partial charge in [0.1, 0.15) is 23.9 Å². The lowest BCUT2D eigenvalue weighted by Gasteiger charge is -2.67. The van der Waals surface area contributed by atoms with Crippen LogP contribution in [0.15, 0.2) is 71.8 Å². The lowest BCUT2D eigenvalue weighted by Crippen LogP contribution is -2.82. The first-order valence-corrected chi connectivity index (χ1v) is 17.7. The minimum atomic E-state index is -2.28. The van der Waals surface area contributed by atoms with E-state index in [-0.39, 0.29) is 36.2 Å². The molecule has 1 aliphatic heterocycles. The number of fused-ring (bicyclic) bond motifs is 5. The topological polar surface area (TPSA) is 192 Å². The molecule has 53 heavy (non-hydrogen) atoms. The third-order valence-corrected chi connectivity index (χ3v) is 12.0. The molecule has 6 rings (SSSR count). The fourth-order valence-electron chi connectivity index (χ4n) is 9.16. The highest BCUT2D eigenvalue weighted by atomic mass is 16.6. The molecule has 0 spiro atoms. The van der Waals surface area contributed by atoms with Crippen molar-refractivity contribution in [1.29, 1.82) is 0 Å². The maximum Gasteiger partial charge on any atom is 0.338 e. The number of aliphatic hydroxyl groups is 3. The predicted octanol–water partition coefficient (Wildman–Crippen LogP) is 2.81. The summed E-state index contributed by atoms with van der Waals surface area (Å²) in [6.45, 7) is 8.20. The van der Waals surface area contributed by atoms with E-state index < -0.39 is 101 Å². The van der Waals surface area contributed by atoms with Crippen molar-refractivity contribution in [2.45, 2.75) is 109 Å². The van der Waals surface area contributed by atoms with E-state index in [2.05, 4.69) is 0 Å². The lowest BCUT2D eigenvalue weighted by molar-refractivity contribution is -0.346. The van der Waals surface area contributed by atoms with E-state index in [0.717, 1.165) is 6.92 Å². The molecule has 0 amide bonds. The Hall–Kier alpha value is -4.43. The van der Waals surface area contributed by atoms with Crippen molar-refractivity contribution < 1.29 is 63.0 Å². The maximum absolute atomic E-state index is 15.3. The van der Waals surface area contributed by atoms with Gasteiger partial charge in [0.2, 0.25) is 0 Å². The Labute approximate surface area is 307 Å². The van der Waals surface area contributed by atoms with Crippen LogP contribution in [-0.2, 0) is 49.3 Å². The van der Waals surface area contributed by atoms with E-state index in [9.17, 15) is 34.5 Å². The van der Waals surface area contributed by atoms with Crippen LogP contribution >= 0.6 is 0 Å². The van der Waals surface area contributed by atoms with Crippen molar-refractivity contribution >= 4 is 29.7 Å². The van der Waals surface area contributed by atoms with Crippen molar-refractivity contribution in [2.24, 2.45) is 16.7 Å². The molecule has 2 aromatic rings. The molecule has 3 fully saturated rings. The number of hydrogen-bond acceptors (Lipinski definition) is 13. The van der Waals surface area contributed by atoms with E-state index >= 15 is 4.79 Å². The van der Waals surface area contributed by atoms with E-state index in [1.54, 1.807) is 69.3 Å². The molecule has 13 nitrogen and oxygen atoms in total. The summed E-state index contributed by atoms with van der Waals surface area (Å²) in [5.74, 6) is -5.79. The van der Waals surface area contributed by atoms with Gasteiger partial charge in [0.15, 0.2) is 23.6 Å². The molecule has 284 valence electrons. The number of rotatable bonds is 8. The molecule has 3 aliphatic carbocycles. The summed E-state index contributed by atoms with van der Waals surface area (Å²) in [5.41, 5.74) is -6.44. The molecule has 0 aromatic heterocycles. The highest BCUT2D eigenvalue weighted by molar-refractivity contribution is 5.95. The van der Waals surface area contributed by atoms with Gasteiger partial charge < -0.3 is 39.0 Å². The van der Waals surface area contributed by atoms with Crippen LogP contribution in [0, 0.1) is 16.7 Å². The van der Waals surface area contributed by atoms with E-state index in [4.69, 9.17) is 23.7 Å². The van der Waals surface area contributed by atoms with Crippen LogP contribution in [0.1, 0.15) is 70.3 Å². The van der Waals surface area contributed by atoms with Crippen molar-refractivity contribution in [1.82, 2.24) is 0 Å². The lowest BCUT2D eigenvalue weighted by atomic mass is 9.44. The van der Waals surface area contributed by atoms with Crippen LogP contribution < -0.4 is 0 Å². The Morgan fingerprint density at radius 3 is 2.11 bits per heavy atom. The maximum atomic E-state index is 15.3. The Kier molecular flexibility index (Phi) is 9.95. The normalized spacial score (nSPS) is 34.8. The molecule has 2 aromatic carbocycles. The molecule has 4 aliphatic rings. The van der Waals surface area contributed by atoms with Gasteiger partial charge in [-0.15, -0.1) is 0 Å². The third-order valence-electron chi connectivity index (χ3n) is 12.0. The molecular formula is C40H46O13. The van der Waals surface area contributed by atoms with Crippen molar-refractivity contribution in [3.8, 4) is 0 Å². The number of carbonyl (C=O) groups excluding carboxylic acids is 5. The van der Waals surface area contributed by atoms with Gasteiger partial charge in [-0.25, -0.2) is 9.59 Å². The van der Waals surface area contributed by atoms with Crippen molar-refractivity contribution in [3.63, 3.8) is 0 Å². The van der Waals surface area contributed by atoms with Gasteiger partial charge >= 0.3 is 23.9 Å². The van der Waals surface area contributed by atoms with Crippen LogP contribution in [0.4, 0.5) is 0 Å². The number of aliphatic hydroxyl groups excluding tert-OH is 2. The van der Waals surface area contributed by atoms with Crippen LogP contribution in [-0.4, -0.2) is 99.4 Å². The first kappa shape index (κ1) is 38.3. The van der Waals surface area contributed by atoms with E-state index in [1.165, 1.54) is 26.0 Å². The zero-order chi connectivity index (χ0) is 38.7. The number of esters is 4. The molecule has 1 saturated heterocycles. The van der Waals surface area contributed by atoms with Crippen LogP contribution in [0.25, 0.3) is 0 Å². The van der Waals surface area contributed by atoms with Crippen LogP contribution in [0.3, 0.4) is 0 Å². The number of hydrogen-bond donors (Lipinski definition) is 3. The summed E-state index contributed by atoms with van der Waals surface area (Å²) >= 11 is 0. The molecule has 10 atom stereocenters. The summed E-state index contributed by atoms with van der Waals surface area (Å²) in [4.78, 5) is 68.5. The summed E-state index contributed by atoms with van der Waals surface area (Å²) in [5, 5.41) is 36.3. The van der Waals surface area contributed by atoms with Crippen molar-refractivity contribution in [3.05, 3.63) is 82.9 Å². The minimum Gasteiger partial charge on any atom is -0.456 e. The zero-order valence-electron chi connectivity index (χ0n) is 30.6. The van der Waals surface area contributed by atoms with Crippen molar-refractivity contribution in [2.75, 3.05) is 6.61 Å². The molecule has 13 heteroatoms. The summed E-state index contributed by atoms with van der Waals surface area (Å²) in [6, 6.07) is 16.7. The van der Waals surface area contributed by atoms with Gasteiger partial charge in [0.05, 0.1) is 29.6 Å². The Bertz CT molecular complexity index is 1820. The summed E-state index contributed by atoms with van der Waals surface area (Å²) < 4.78 is 29.9. The molecule has 1 heterocycles. The first-order valence-electron chi connectivity index (χ1n) is 17.7. The number of benzene rings is 2. The average Bonchev–Trinajstić information content (AvgIpc) is 3.10. The highest BCUT2D eigenvalue weighted by Gasteiger charge is 2.78. The van der Waals surface area contributed by atoms with Gasteiger partial charge in [-0.05, 0) is 42.7 Å². The number of carbonyl (C=O) groups is 5. The number of ether oxygens (including phenoxy) is 5. The fraction of sp³-hybridized carbons (Fsp3) is 0.525. The van der Waals surface area contributed by atoms with Gasteiger partial charge in [-0.2, -0.15) is 0 Å². The third kappa shape index (κ3) is 6.17. The largest absolute Gasteiger partial charge is 0.456 e. The molecule has 2 saturated carbocycles. The quantitative estimate of drug-likeness (QED) is 0.204. The Morgan fingerprint density at radius 2 is 1.55 bits per heavy atom. The average molecular weight is 735 g/mol. The van der Waals surface area contributed by atoms with Gasteiger partial charge in [-0.1, -0.05) is 62.4 Å². The molecule has 2 bridgehead atoms. The first-order chi connectivity index (χ1) is 24.9. The second-order valence-electron chi connectivity index (χ2n) is 15.4. The SMILES string of the molecule is CC(=O)O[C@H]1C(=O)[C@@]2(C)[C@H]([C@H](OC(=O)c3ccccc3)[C@]3(O)C[C@H](OC(=O)[C@@H](O)Cc4ccccc4)C(C)=C1C3(C)C)[C@]1(OC(C)=O)CO[C@@H]1C[C@@H]2O. The monoisotopic (exact) mass is 734 g/mol. The fourth-order valence-corrected chi connectivity index (χ4v) is 9.16. The van der Waals surface area contributed by atoms with E-state index in [0.29, 0.717) is 5.56 Å². The standard InChI is InChI=1S/C40H46O13/c1-21-27(51-36(47)26(43)17-24-13-9-7-10-14-24)19-40(48)34(52-35(46)25-15-11-8-12-16-25)32-38(6,28(44)18-29-39(32,20-49-29)53-23(3)42)33(45)31(50-22(2)41)30(21)37(40,4)5/h7-16,26-29,31-32,34,43-44,48H,17-20H2,1-6H3/t26-,27-,28-,29+,31+,32-,34-,38+,39-,40+/m0/s1. The predicted molar refractivity (Wildman–Crippen MR) is 185 cm³/mol. The molecule has 0 radical (unpaired) electrons. The minimum absolute atomic E-state index is 0.0722. The molecule has 3 N–H and O–H groups in total. The Balaban J connectivity index is 1.57. The number of Topliss-reactive ketones (excluding diaryl/α,β-unsaturated/α-hetero) is 1. The molecule has 0 unspecified atom stereocenters. The second kappa shape index (κ2) is 13.8. The summed E-state index contributed by atoms with van der Waals surface area (Å²) in [7, 11) is 0. The van der Waals surface area contributed by atoms with Gasteiger partial charge in [-0.3, -0.25) is 14.4 Å². The van der Waals surface area contributed by atoms with Gasteiger partial charge in [0, 0.05) is 38.5 Å². The highest BCUT2D eigenvalue weighted by Crippen LogP contribution is 2.64. The van der Waals surface area contributed by atoms with Crippen LogP contribution in [0.5, 0.6) is 0 Å². The smallest absolute Gasteiger partial charge is 0.338 e.